The average Bonchev–Trinajstić information content (AvgIpc) is 2.41. The quantitative estimate of drug-likeness (QED) is 0.764. The number of rotatable bonds is 4. The van der Waals surface area contributed by atoms with E-state index >= 15 is 0 Å². The summed E-state index contributed by atoms with van der Waals surface area (Å²) in [5, 5.41) is 3.35. The third-order valence-electron chi connectivity index (χ3n) is 3.26. The predicted molar refractivity (Wildman–Crippen MR) is 81.9 cm³/mol. The van der Waals surface area contributed by atoms with E-state index in [1.807, 2.05) is 19.9 Å². The molecule has 0 amide bonds. The zero-order valence-corrected chi connectivity index (χ0v) is 13.0. The van der Waals surface area contributed by atoms with E-state index in [4.69, 9.17) is 0 Å². The highest BCUT2D eigenvalue weighted by Crippen LogP contribution is 2.29. The molecule has 20 heavy (non-hydrogen) atoms. The van der Waals surface area contributed by atoms with Gasteiger partial charge in [-0.05, 0) is 64.7 Å². The fraction of sp³-hybridized carbons (Fsp3) is 0.250. The summed E-state index contributed by atoms with van der Waals surface area (Å²) in [6.07, 6.45) is 0.803. The van der Waals surface area contributed by atoms with Crippen LogP contribution in [-0.2, 0) is 0 Å². The highest BCUT2D eigenvalue weighted by Gasteiger charge is 2.12. The largest absolute Gasteiger partial charge is 0.378 e. The van der Waals surface area contributed by atoms with Gasteiger partial charge < -0.3 is 5.32 Å². The molecular formula is C16H16BrF2N. The molecule has 0 saturated heterocycles. The molecule has 1 atom stereocenters. The first-order valence-corrected chi connectivity index (χ1v) is 7.28. The number of hydrogen-bond donors (Lipinski definition) is 1. The molecule has 1 unspecified atom stereocenters. The lowest BCUT2D eigenvalue weighted by Crippen LogP contribution is -2.11. The molecule has 0 heterocycles. The predicted octanol–water partition coefficient (Wildman–Crippen LogP) is 5.60. The monoisotopic (exact) mass is 339 g/mol. The molecule has 1 N–H and O–H groups in total. The van der Waals surface area contributed by atoms with Crippen LogP contribution in [-0.4, -0.2) is 0 Å². The maximum atomic E-state index is 13.4. The Morgan fingerprint density at radius 1 is 1.20 bits per heavy atom. The number of aryl methyl sites for hydroxylation is 1. The Balaban J connectivity index is 2.29. The topological polar surface area (TPSA) is 12.0 Å². The van der Waals surface area contributed by atoms with Crippen LogP contribution in [0.1, 0.15) is 30.5 Å². The third-order valence-corrected chi connectivity index (χ3v) is 3.86. The molecule has 0 saturated carbocycles. The lowest BCUT2D eigenvalue weighted by molar-refractivity contribution is 0.618. The maximum Gasteiger partial charge on any atom is 0.137 e. The van der Waals surface area contributed by atoms with E-state index in [1.165, 1.54) is 18.2 Å². The van der Waals surface area contributed by atoms with Gasteiger partial charge >= 0.3 is 0 Å². The Kier molecular flexibility index (Phi) is 4.76. The third kappa shape index (κ3) is 3.37. The number of nitrogens with one attached hydrogen (secondary N) is 1. The summed E-state index contributed by atoms with van der Waals surface area (Å²) < 4.78 is 27.2. The number of hydrogen-bond acceptors (Lipinski definition) is 1. The average molecular weight is 340 g/mol. The van der Waals surface area contributed by atoms with Crippen molar-refractivity contribution >= 4 is 21.6 Å². The van der Waals surface area contributed by atoms with E-state index in [1.54, 1.807) is 12.1 Å². The molecule has 0 radical (unpaired) electrons. The van der Waals surface area contributed by atoms with Crippen LogP contribution >= 0.6 is 15.9 Å². The van der Waals surface area contributed by atoms with Gasteiger partial charge in [0.25, 0.3) is 0 Å². The van der Waals surface area contributed by atoms with Crippen LogP contribution in [0.2, 0.25) is 0 Å². The Morgan fingerprint density at radius 3 is 2.60 bits per heavy atom. The molecule has 2 aromatic carbocycles. The summed E-state index contributed by atoms with van der Waals surface area (Å²) in [6, 6.07) is 9.71. The van der Waals surface area contributed by atoms with Crippen molar-refractivity contribution in [3.05, 3.63) is 63.6 Å². The van der Waals surface area contributed by atoms with Gasteiger partial charge in [0.15, 0.2) is 0 Å². The molecule has 0 spiro atoms. The van der Waals surface area contributed by atoms with Crippen molar-refractivity contribution in [1.82, 2.24) is 0 Å². The molecular weight excluding hydrogens is 324 g/mol. The van der Waals surface area contributed by atoms with Crippen molar-refractivity contribution in [1.29, 1.82) is 0 Å². The fourth-order valence-corrected chi connectivity index (χ4v) is 2.48. The Morgan fingerprint density at radius 2 is 1.95 bits per heavy atom. The SMILES string of the molecule is CCC(Nc1cc(Br)c(F)cc1C)c1cccc(F)c1. The van der Waals surface area contributed by atoms with Gasteiger partial charge in [-0.15, -0.1) is 0 Å². The molecule has 0 aromatic heterocycles. The van der Waals surface area contributed by atoms with Gasteiger partial charge in [0, 0.05) is 5.69 Å². The van der Waals surface area contributed by atoms with Gasteiger partial charge in [-0.1, -0.05) is 19.1 Å². The van der Waals surface area contributed by atoms with Gasteiger partial charge in [0.1, 0.15) is 11.6 Å². The molecule has 0 aliphatic heterocycles. The maximum absolute atomic E-state index is 13.4. The van der Waals surface area contributed by atoms with Gasteiger partial charge in [-0.3, -0.25) is 0 Å². The smallest absolute Gasteiger partial charge is 0.137 e. The van der Waals surface area contributed by atoms with E-state index in [9.17, 15) is 8.78 Å². The minimum atomic E-state index is -0.285. The molecule has 106 valence electrons. The summed E-state index contributed by atoms with van der Waals surface area (Å²) in [6.45, 7) is 3.87. The normalized spacial score (nSPS) is 12.2. The molecule has 0 bridgehead atoms. The number of halogens is 3. The van der Waals surface area contributed by atoms with Crippen molar-refractivity contribution in [3.8, 4) is 0 Å². The van der Waals surface area contributed by atoms with Gasteiger partial charge in [-0.2, -0.15) is 0 Å². The highest BCUT2D eigenvalue weighted by molar-refractivity contribution is 9.10. The standard InChI is InChI=1S/C16H16BrF2N/c1-3-15(11-5-4-6-12(18)8-11)20-16-9-13(17)14(19)7-10(16)2/h4-9,15,20H,3H2,1-2H3. The van der Waals surface area contributed by atoms with E-state index in [0.717, 1.165) is 23.2 Å². The van der Waals surface area contributed by atoms with Crippen molar-refractivity contribution in [2.45, 2.75) is 26.3 Å². The second-order valence-corrected chi connectivity index (χ2v) is 5.60. The van der Waals surface area contributed by atoms with Crippen molar-refractivity contribution in [3.63, 3.8) is 0 Å². The summed E-state index contributed by atoms with van der Waals surface area (Å²) >= 11 is 3.18. The first-order chi connectivity index (χ1) is 9.51. The van der Waals surface area contributed by atoms with Crippen LogP contribution in [0.3, 0.4) is 0 Å². The lowest BCUT2D eigenvalue weighted by atomic mass is 10.0. The highest BCUT2D eigenvalue weighted by atomic mass is 79.9. The van der Waals surface area contributed by atoms with E-state index in [0.29, 0.717) is 4.47 Å². The zero-order chi connectivity index (χ0) is 14.7. The minimum Gasteiger partial charge on any atom is -0.378 e. The van der Waals surface area contributed by atoms with Crippen molar-refractivity contribution in [2.75, 3.05) is 5.32 Å². The van der Waals surface area contributed by atoms with Crippen LogP contribution in [0, 0.1) is 18.6 Å². The molecule has 0 aliphatic rings. The first kappa shape index (κ1) is 15.0. The Hall–Kier alpha value is -1.42. The van der Waals surface area contributed by atoms with Gasteiger partial charge in [0.05, 0.1) is 10.5 Å². The first-order valence-electron chi connectivity index (χ1n) is 6.49. The van der Waals surface area contributed by atoms with Crippen LogP contribution in [0.25, 0.3) is 0 Å². The Labute approximate surface area is 126 Å². The Bertz CT molecular complexity index is 613. The number of benzene rings is 2. The summed E-state index contributed by atoms with van der Waals surface area (Å²) in [5.41, 5.74) is 2.54. The molecule has 1 nitrogen and oxygen atoms in total. The number of anilines is 1. The molecule has 4 heteroatoms. The van der Waals surface area contributed by atoms with Gasteiger partial charge in [0.2, 0.25) is 0 Å². The van der Waals surface area contributed by atoms with Crippen LogP contribution < -0.4 is 5.32 Å². The van der Waals surface area contributed by atoms with Crippen molar-refractivity contribution < 1.29 is 8.78 Å². The lowest BCUT2D eigenvalue weighted by Gasteiger charge is -2.20. The zero-order valence-electron chi connectivity index (χ0n) is 11.4. The van der Waals surface area contributed by atoms with Crippen LogP contribution in [0.15, 0.2) is 40.9 Å². The van der Waals surface area contributed by atoms with Crippen molar-refractivity contribution in [2.24, 2.45) is 0 Å². The fourth-order valence-electron chi connectivity index (χ4n) is 2.13. The molecule has 2 aromatic rings. The molecule has 0 aliphatic carbocycles. The van der Waals surface area contributed by atoms with E-state index in [2.05, 4.69) is 21.2 Å². The molecule has 0 fully saturated rings. The summed E-state index contributed by atoms with van der Waals surface area (Å²) in [5.74, 6) is -0.536. The van der Waals surface area contributed by atoms with E-state index in [-0.39, 0.29) is 17.7 Å². The van der Waals surface area contributed by atoms with Gasteiger partial charge in [-0.25, -0.2) is 8.78 Å². The van der Waals surface area contributed by atoms with Crippen LogP contribution in [0.4, 0.5) is 14.5 Å². The summed E-state index contributed by atoms with van der Waals surface area (Å²) in [4.78, 5) is 0. The second kappa shape index (κ2) is 6.35. The molecule has 2 rings (SSSR count). The summed E-state index contributed by atoms with van der Waals surface area (Å²) in [7, 11) is 0. The second-order valence-electron chi connectivity index (χ2n) is 4.74. The van der Waals surface area contributed by atoms with E-state index < -0.39 is 0 Å². The minimum absolute atomic E-state index is 0.0123. The van der Waals surface area contributed by atoms with Crippen LogP contribution in [0.5, 0.6) is 0 Å².